The minimum atomic E-state index is -3.82. The highest BCUT2D eigenvalue weighted by Crippen LogP contribution is 2.48. The van der Waals surface area contributed by atoms with Crippen LogP contribution in [0.1, 0.15) is 59.3 Å². The fourth-order valence-electron chi connectivity index (χ4n) is 4.54. The largest absolute Gasteiger partial charge is 0.350 e. The molecule has 10 nitrogen and oxygen atoms in total. The highest BCUT2D eigenvalue weighted by molar-refractivity contribution is 7.91. The summed E-state index contributed by atoms with van der Waals surface area (Å²) in [5.74, 6) is -1.76. The van der Waals surface area contributed by atoms with Gasteiger partial charge in [0.15, 0.2) is 0 Å². The minimum Gasteiger partial charge on any atom is -0.350 e. The van der Waals surface area contributed by atoms with Gasteiger partial charge in [0.1, 0.15) is 11.6 Å². The van der Waals surface area contributed by atoms with Gasteiger partial charge in [-0.15, -0.1) is 0 Å². The maximum atomic E-state index is 13.3. The van der Waals surface area contributed by atoms with Crippen LogP contribution in [0.3, 0.4) is 0 Å². The SMILES string of the molecule is CC[C@@H]1CCN(C(=O)CNC=O)[C@@H]1C(=O)NC1(C(=O)NS(=O)(=O)C2(C)CC2)C[C@H]1CC. The number of hydrogen-bond donors (Lipinski definition) is 3. The molecule has 0 bridgehead atoms. The van der Waals surface area contributed by atoms with Crippen LogP contribution in [0.2, 0.25) is 0 Å². The second kappa shape index (κ2) is 8.40. The fraction of sp³-hybridized carbons (Fsp3) is 0.800. The van der Waals surface area contributed by atoms with Gasteiger partial charge in [-0.3, -0.25) is 23.9 Å². The van der Waals surface area contributed by atoms with Crippen LogP contribution in [0.4, 0.5) is 0 Å². The van der Waals surface area contributed by atoms with E-state index in [1.165, 1.54) is 4.90 Å². The Morgan fingerprint density at radius 2 is 1.84 bits per heavy atom. The van der Waals surface area contributed by atoms with Crippen molar-refractivity contribution in [1.29, 1.82) is 0 Å². The number of likely N-dealkylation sites (tertiary alicyclic amines) is 1. The van der Waals surface area contributed by atoms with Crippen LogP contribution in [0.15, 0.2) is 0 Å². The van der Waals surface area contributed by atoms with Gasteiger partial charge in [0.05, 0.1) is 11.3 Å². The van der Waals surface area contributed by atoms with Crippen molar-refractivity contribution in [2.24, 2.45) is 11.8 Å². The molecule has 4 atom stereocenters. The van der Waals surface area contributed by atoms with Crippen LogP contribution in [0.5, 0.6) is 0 Å². The van der Waals surface area contributed by atoms with E-state index in [0.717, 1.165) is 0 Å². The van der Waals surface area contributed by atoms with Crippen LogP contribution in [0.25, 0.3) is 0 Å². The second-order valence-electron chi connectivity index (χ2n) is 9.14. The van der Waals surface area contributed by atoms with Crippen molar-refractivity contribution in [2.45, 2.75) is 75.6 Å². The Morgan fingerprint density at radius 3 is 2.35 bits per heavy atom. The van der Waals surface area contributed by atoms with E-state index >= 15 is 0 Å². The van der Waals surface area contributed by atoms with Gasteiger partial charge in [0.25, 0.3) is 5.91 Å². The van der Waals surface area contributed by atoms with Crippen molar-refractivity contribution in [1.82, 2.24) is 20.3 Å². The van der Waals surface area contributed by atoms with Gasteiger partial charge < -0.3 is 15.5 Å². The summed E-state index contributed by atoms with van der Waals surface area (Å²) in [5, 5.41) is 5.13. The molecule has 31 heavy (non-hydrogen) atoms. The van der Waals surface area contributed by atoms with Crippen LogP contribution >= 0.6 is 0 Å². The van der Waals surface area contributed by atoms with Crippen LogP contribution in [-0.4, -0.2) is 66.9 Å². The van der Waals surface area contributed by atoms with Crippen molar-refractivity contribution in [3.05, 3.63) is 0 Å². The average molecular weight is 457 g/mol. The van der Waals surface area contributed by atoms with Crippen molar-refractivity contribution in [3.8, 4) is 0 Å². The molecule has 0 aromatic heterocycles. The molecule has 0 aromatic carbocycles. The Bertz CT molecular complexity index is 871. The number of amides is 4. The van der Waals surface area contributed by atoms with Crippen molar-refractivity contribution >= 4 is 34.2 Å². The molecular weight excluding hydrogens is 424 g/mol. The number of carbonyl (C=O) groups excluding carboxylic acids is 4. The monoisotopic (exact) mass is 456 g/mol. The molecule has 174 valence electrons. The summed E-state index contributed by atoms with van der Waals surface area (Å²) in [4.78, 5) is 50.7. The molecule has 0 aromatic rings. The minimum absolute atomic E-state index is 0.0757. The molecule has 1 unspecified atom stereocenters. The molecule has 2 aliphatic carbocycles. The zero-order valence-electron chi connectivity index (χ0n) is 18.3. The van der Waals surface area contributed by atoms with Gasteiger partial charge in [-0.2, -0.15) is 0 Å². The molecule has 1 aliphatic heterocycles. The lowest BCUT2D eigenvalue weighted by Crippen LogP contribution is -2.58. The van der Waals surface area contributed by atoms with E-state index in [9.17, 15) is 27.6 Å². The van der Waals surface area contributed by atoms with Crippen molar-refractivity contribution in [2.75, 3.05) is 13.1 Å². The summed E-state index contributed by atoms with van der Waals surface area (Å²) in [7, 11) is -3.82. The topological polar surface area (TPSA) is 142 Å². The van der Waals surface area contributed by atoms with E-state index in [4.69, 9.17) is 0 Å². The summed E-state index contributed by atoms with van der Waals surface area (Å²) < 4.78 is 26.4. The first-order chi connectivity index (χ1) is 14.5. The summed E-state index contributed by atoms with van der Waals surface area (Å²) >= 11 is 0. The highest BCUT2D eigenvalue weighted by atomic mass is 32.2. The summed E-state index contributed by atoms with van der Waals surface area (Å²) in [5.41, 5.74) is -1.28. The number of rotatable bonds is 10. The first-order valence-corrected chi connectivity index (χ1v) is 12.4. The van der Waals surface area contributed by atoms with E-state index in [0.29, 0.717) is 51.5 Å². The molecule has 3 N–H and O–H groups in total. The van der Waals surface area contributed by atoms with E-state index in [-0.39, 0.29) is 24.3 Å². The van der Waals surface area contributed by atoms with Crippen LogP contribution in [0, 0.1) is 11.8 Å². The first kappa shape index (κ1) is 23.5. The average Bonchev–Trinajstić information content (AvgIpc) is 3.60. The van der Waals surface area contributed by atoms with Gasteiger partial charge in [-0.25, -0.2) is 8.42 Å². The summed E-state index contributed by atoms with van der Waals surface area (Å²) in [6, 6.07) is -0.758. The third kappa shape index (κ3) is 4.28. The van der Waals surface area contributed by atoms with E-state index in [2.05, 4.69) is 15.4 Å². The fourth-order valence-corrected chi connectivity index (χ4v) is 5.85. The standard InChI is InChI=1S/C20H32N4O6S/c1-4-13-6-9-24(15(26)11-21-12-25)16(13)17(27)22-20(10-14(20)5-2)18(28)23-31(29,30)19(3)7-8-19/h12-14,16H,4-11H2,1-3H3,(H,21,25)(H,22,27)(H,23,28)/t13-,14-,16+,20?/m1/s1. The zero-order chi connectivity index (χ0) is 23.0. The molecule has 3 rings (SSSR count). The predicted octanol–water partition coefficient (Wildman–Crippen LogP) is -0.357. The second-order valence-corrected chi connectivity index (χ2v) is 11.3. The van der Waals surface area contributed by atoms with Crippen molar-refractivity contribution in [3.63, 3.8) is 0 Å². The number of carbonyl (C=O) groups is 4. The van der Waals surface area contributed by atoms with E-state index < -0.39 is 38.2 Å². The van der Waals surface area contributed by atoms with Gasteiger partial charge >= 0.3 is 0 Å². The predicted molar refractivity (Wildman–Crippen MR) is 112 cm³/mol. The molecule has 1 saturated heterocycles. The summed E-state index contributed by atoms with van der Waals surface area (Å²) in [6.07, 6.45) is 3.71. The molecular formula is C20H32N4O6S. The maximum Gasteiger partial charge on any atom is 0.259 e. The van der Waals surface area contributed by atoms with E-state index in [1.807, 2.05) is 13.8 Å². The Hall–Kier alpha value is -2.17. The number of nitrogens with zero attached hydrogens (tertiary/aromatic N) is 1. The molecule has 3 aliphatic rings. The Morgan fingerprint density at radius 1 is 1.16 bits per heavy atom. The number of sulfonamides is 1. The lowest BCUT2D eigenvalue weighted by Gasteiger charge is -2.29. The van der Waals surface area contributed by atoms with Gasteiger partial charge in [0.2, 0.25) is 28.2 Å². The number of hydrogen-bond acceptors (Lipinski definition) is 6. The molecule has 11 heteroatoms. The van der Waals surface area contributed by atoms with Gasteiger partial charge in [-0.1, -0.05) is 26.7 Å². The summed E-state index contributed by atoms with van der Waals surface area (Å²) in [6.45, 7) is 5.59. The highest BCUT2D eigenvalue weighted by Gasteiger charge is 2.63. The maximum absolute atomic E-state index is 13.3. The van der Waals surface area contributed by atoms with Crippen LogP contribution < -0.4 is 15.4 Å². The molecule has 0 spiro atoms. The lowest BCUT2D eigenvalue weighted by atomic mass is 9.96. The smallest absolute Gasteiger partial charge is 0.259 e. The first-order valence-electron chi connectivity index (χ1n) is 10.9. The normalized spacial score (nSPS) is 30.9. The lowest BCUT2D eigenvalue weighted by molar-refractivity contribution is -0.140. The molecule has 3 fully saturated rings. The molecule has 0 radical (unpaired) electrons. The number of nitrogens with one attached hydrogen (secondary N) is 3. The Kier molecular flexibility index (Phi) is 6.37. The van der Waals surface area contributed by atoms with E-state index in [1.54, 1.807) is 6.92 Å². The Labute approximate surface area is 182 Å². The zero-order valence-corrected chi connectivity index (χ0v) is 19.1. The van der Waals surface area contributed by atoms with Crippen molar-refractivity contribution < 1.29 is 27.6 Å². The Balaban J connectivity index is 1.76. The third-order valence-corrected chi connectivity index (χ3v) is 9.31. The quantitative estimate of drug-likeness (QED) is 0.383. The van der Waals surface area contributed by atoms with Gasteiger partial charge in [0, 0.05) is 6.54 Å². The molecule has 1 heterocycles. The molecule has 2 saturated carbocycles. The third-order valence-electron chi connectivity index (χ3n) is 7.15. The molecule has 4 amide bonds. The van der Waals surface area contributed by atoms with Crippen LogP contribution in [-0.2, 0) is 29.2 Å². The van der Waals surface area contributed by atoms with Gasteiger partial charge in [-0.05, 0) is 44.4 Å².